The van der Waals surface area contributed by atoms with E-state index in [0.29, 0.717) is 12.1 Å². The number of amides is 1. The molecule has 5 aromatic rings. The second kappa shape index (κ2) is 15.1. The average Bonchev–Trinajstić information content (AvgIpc) is 3.15. The summed E-state index contributed by atoms with van der Waals surface area (Å²) in [6.07, 6.45) is 1.59. The minimum absolute atomic E-state index is 0.00558. The van der Waals surface area contributed by atoms with E-state index in [1.54, 1.807) is 0 Å². The first-order chi connectivity index (χ1) is 23.6. The number of piperazine rings is 1. The largest absolute Gasteiger partial charge is 0.392 e. The Hall–Kier alpha value is -4.51. The van der Waals surface area contributed by atoms with Gasteiger partial charge < -0.3 is 19.9 Å². The molecule has 3 heterocycles. The summed E-state index contributed by atoms with van der Waals surface area (Å²) < 4.78 is 13.2. The fourth-order valence-corrected chi connectivity index (χ4v) is 6.42. The number of nitrogens with zero attached hydrogens (tertiary/aromatic N) is 4. The van der Waals surface area contributed by atoms with E-state index in [-0.39, 0.29) is 30.4 Å². The van der Waals surface area contributed by atoms with Crippen molar-refractivity contribution >= 4 is 16.9 Å². The van der Waals surface area contributed by atoms with Gasteiger partial charge in [0, 0.05) is 57.8 Å². The monoisotopic (exact) mass is 643 g/mol. The van der Waals surface area contributed by atoms with Gasteiger partial charge in [-0.1, -0.05) is 91.0 Å². The molecule has 0 aliphatic carbocycles. The van der Waals surface area contributed by atoms with Gasteiger partial charge in [0.05, 0.1) is 36.0 Å². The summed E-state index contributed by atoms with van der Waals surface area (Å²) in [7, 11) is 0. The molecule has 9 nitrogen and oxygen atoms in total. The lowest BCUT2D eigenvalue weighted by molar-refractivity contribution is -0.253. The minimum Gasteiger partial charge on any atom is -0.392 e. The van der Waals surface area contributed by atoms with Crippen LogP contribution in [0.15, 0.2) is 109 Å². The molecule has 2 aliphatic rings. The lowest BCUT2D eigenvalue weighted by Crippen LogP contribution is -2.49. The molecule has 0 bridgehead atoms. The first kappa shape index (κ1) is 32.1. The van der Waals surface area contributed by atoms with E-state index < -0.39 is 6.29 Å². The van der Waals surface area contributed by atoms with E-state index in [1.807, 2.05) is 72.8 Å². The normalized spacial score (nSPS) is 20.5. The number of ether oxygens (including phenoxy) is 2. The first-order valence-electron chi connectivity index (χ1n) is 16.7. The van der Waals surface area contributed by atoms with Crippen LogP contribution in [0.3, 0.4) is 0 Å². The molecule has 0 unspecified atom stereocenters. The van der Waals surface area contributed by atoms with Gasteiger partial charge in [0.15, 0.2) is 6.29 Å². The van der Waals surface area contributed by atoms with Gasteiger partial charge in [0.2, 0.25) is 0 Å². The van der Waals surface area contributed by atoms with Crippen molar-refractivity contribution < 1.29 is 19.4 Å². The number of hydrogen-bond donors (Lipinski definition) is 2. The van der Waals surface area contributed by atoms with Crippen molar-refractivity contribution in [3.8, 4) is 0 Å². The molecule has 4 aromatic carbocycles. The Morgan fingerprint density at radius 3 is 2.17 bits per heavy atom. The number of rotatable bonds is 10. The first-order valence-corrected chi connectivity index (χ1v) is 16.7. The standard InChI is InChI=1S/C39H41N5O4/c45-27-30-12-14-31(15-13-30)37-22-33(26-44-20-18-43(19-21-44)25-29-6-2-1-3-7-29)47-39(48-37)32-16-10-28(11-17-32)23-41-38(46)36-24-40-34-8-4-5-9-35(34)42-36/h1-17,24,33,37,39,45H,18-23,25-27H2,(H,41,46)/t33-,37+,39+/m0/s1. The Labute approximate surface area is 281 Å². The molecule has 3 atom stereocenters. The van der Waals surface area contributed by atoms with Crippen LogP contribution in [0.1, 0.15) is 57.1 Å². The summed E-state index contributed by atoms with van der Waals surface area (Å²) in [5.74, 6) is -0.268. The van der Waals surface area contributed by atoms with Gasteiger partial charge in [-0.05, 0) is 34.4 Å². The molecule has 0 saturated carbocycles. The molecule has 0 spiro atoms. The Bertz CT molecular complexity index is 1790. The van der Waals surface area contributed by atoms with Crippen molar-refractivity contribution in [1.29, 1.82) is 0 Å². The molecule has 1 aromatic heterocycles. The third kappa shape index (κ3) is 7.95. The fraction of sp³-hybridized carbons (Fsp3) is 0.308. The van der Waals surface area contributed by atoms with E-state index in [9.17, 15) is 9.90 Å². The van der Waals surface area contributed by atoms with Gasteiger partial charge in [-0.25, -0.2) is 4.98 Å². The van der Waals surface area contributed by atoms with Crippen LogP contribution in [-0.2, 0) is 29.2 Å². The minimum atomic E-state index is -0.526. The number of benzene rings is 4. The number of aromatic nitrogens is 2. The zero-order valence-corrected chi connectivity index (χ0v) is 26.9. The van der Waals surface area contributed by atoms with Gasteiger partial charge in [-0.15, -0.1) is 0 Å². The zero-order chi connectivity index (χ0) is 32.7. The highest BCUT2D eigenvalue weighted by Gasteiger charge is 2.33. The van der Waals surface area contributed by atoms with E-state index in [0.717, 1.165) is 73.5 Å². The van der Waals surface area contributed by atoms with Crippen LogP contribution >= 0.6 is 0 Å². The van der Waals surface area contributed by atoms with Gasteiger partial charge in [-0.3, -0.25) is 19.6 Å². The molecule has 7 rings (SSSR count). The van der Waals surface area contributed by atoms with E-state index in [4.69, 9.17) is 9.47 Å². The second-order valence-corrected chi connectivity index (χ2v) is 12.6. The highest BCUT2D eigenvalue weighted by molar-refractivity contribution is 5.93. The maximum absolute atomic E-state index is 12.8. The molecule has 0 radical (unpaired) electrons. The molecular weight excluding hydrogens is 602 g/mol. The van der Waals surface area contributed by atoms with Crippen LogP contribution in [0.4, 0.5) is 0 Å². The fourth-order valence-electron chi connectivity index (χ4n) is 6.42. The van der Waals surface area contributed by atoms with Crippen LogP contribution in [-0.4, -0.2) is 69.6 Å². The summed E-state index contributed by atoms with van der Waals surface area (Å²) in [5, 5.41) is 12.5. The highest BCUT2D eigenvalue weighted by Crippen LogP contribution is 2.38. The van der Waals surface area contributed by atoms with Crippen molar-refractivity contribution in [3.05, 3.63) is 143 Å². The highest BCUT2D eigenvalue weighted by atomic mass is 16.7. The molecule has 2 saturated heterocycles. The van der Waals surface area contributed by atoms with Crippen molar-refractivity contribution in [3.63, 3.8) is 0 Å². The molecule has 2 fully saturated rings. The van der Waals surface area contributed by atoms with Gasteiger partial charge in [-0.2, -0.15) is 0 Å². The number of aliphatic hydroxyl groups is 1. The van der Waals surface area contributed by atoms with Crippen molar-refractivity contribution in [2.24, 2.45) is 0 Å². The van der Waals surface area contributed by atoms with Crippen LogP contribution in [0.2, 0.25) is 0 Å². The van der Waals surface area contributed by atoms with E-state index in [1.165, 1.54) is 11.8 Å². The van der Waals surface area contributed by atoms with Gasteiger partial charge in [0.1, 0.15) is 5.69 Å². The number of hydrogen-bond acceptors (Lipinski definition) is 8. The topological polar surface area (TPSA) is 100 Å². The lowest BCUT2D eigenvalue weighted by Gasteiger charge is -2.40. The maximum atomic E-state index is 12.8. The quantitative estimate of drug-likeness (QED) is 0.208. The van der Waals surface area contributed by atoms with E-state index in [2.05, 4.69) is 55.4 Å². The number of fused-ring (bicyclic) bond motifs is 1. The number of nitrogens with one attached hydrogen (secondary N) is 1. The molecule has 9 heteroatoms. The molecule has 2 aliphatic heterocycles. The molecule has 48 heavy (non-hydrogen) atoms. The number of aliphatic hydroxyl groups excluding tert-OH is 1. The molecule has 246 valence electrons. The van der Waals surface area contributed by atoms with Crippen LogP contribution in [0, 0.1) is 0 Å². The van der Waals surface area contributed by atoms with Crippen LogP contribution < -0.4 is 5.32 Å². The number of para-hydroxylation sites is 2. The predicted molar refractivity (Wildman–Crippen MR) is 184 cm³/mol. The van der Waals surface area contributed by atoms with Crippen molar-refractivity contribution in [2.45, 2.75) is 44.6 Å². The SMILES string of the molecule is O=C(NCc1ccc([C@@H]2O[C@H](CN3CCN(Cc4ccccc4)CC3)C[C@H](c3ccc(CO)cc3)O2)cc1)c1cnc2ccccc2n1. The van der Waals surface area contributed by atoms with Crippen LogP contribution in [0.5, 0.6) is 0 Å². The van der Waals surface area contributed by atoms with Gasteiger partial charge in [0.25, 0.3) is 5.91 Å². The smallest absolute Gasteiger partial charge is 0.271 e. The lowest BCUT2D eigenvalue weighted by atomic mass is 9.99. The third-order valence-electron chi connectivity index (χ3n) is 9.18. The second-order valence-electron chi connectivity index (χ2n) is 12.6. The van der Waals surface area contributed by atoms with E-state index >= 15 is 0 Å². The van der Waals surface area contributed by atoms with Crippen molar-refractivity contribution in [2.75, 3.05) is 32.7 Å². The Morgan fingerprint density at radius 2 is 1.42 bits per heavy atom. The molecular formula is C39H41N5O4. The summed E-state index contributed by atoms with van der Waals surface area (Å²) in [6.45, 7) is 6.24. The van der Waals surface area contributed by atoms with Crippen molar-refractivity contribution in [1.82, 2.24) is 25.1 Å². The number of carbonyl (C=O) groups excluding carboxylic acids is 1. The Morgan fingerprint density at radius 1 is 0.750 bits per heavy atom. The predicted octanol–water partition coefficient (Wildman–Crippen LogP) is 5.42. The molecule has 2 N–H and O–H groups in total. The molecule has 1 amide bonds. The van der Waals surface area contributed by atoms with Gasteiger partial charge >= 0.3 is 0 Å². The summed E-state index contributed by atoms with van der Waals surface area (Å²) >= 11 is 0. The third-order valence-corrected chi connectivity index (χ3v) is 9.18. The Balaban J connectivity index is 0.989. The summed E-state index contributed by atoms with van der Waals surface area (Å²) in [5.41, 5.74) is 6.92. The van der Waals surface area contributed by atoms with Crippen LogP contribution in [0.25, 0.3) is 11.0 Å². The average molecular weight is 644 g/mol. The zero-order valence-electron chi connectivity index (χ0n) is 26.9. The summed E-state index contributed by atoms with van der Waals surface area (Å²) in [6, 6.07) is 34.2. The summed E-state index contributed by atoms with van der Waals surface area (Å²) in [4.78, 5) is 26.6. The number of carbonyl (C=O) groups is 1. The Kier molecular flexibility index (Phi) is 10.1. The maximum Gasteiger partial charge on any atom is 0.271 e.